The van der Waals surface area contributed by atoms with Gasteiger partial charge in [-0.05, 0) is 62.1 Å². The zero-order valence-electron chi connectivity index (χ0n) is 22.4. The minimum atomic E-state index is -0.140. The van der Waals surface area contributed by atoms with Crippen LogP contribution in [0.5, 0.6) is 5.75 Å². The molecule has 0 unspecified atom stereocenters. The maximum atomic E-state index is 14.4. The lowest BCUT2D eigenvalue weighted by Gasteiger charge is -2.33. The predicted octanol–water partition coefficient (Wildman–Crippen LogP) is 6.07. The molecule has 1 aliphatic carbocycles. The molecule has 9 nitrogen and oxygen atoms in total. The van der Waals surface area contributed by atoms with E-state index in [-0.39, 0.29) is 12.1 Å². The number of H-pyrrole nitrogens is 1. The number of urea groups is 1. The number of aromatic amines is 1. The van der Waals surface area contributed by atoms with E-state index in [1.165, 1.54) is 19.3 Å². The van der Waals surface area contributed by atoms with E-state index < -0.39 is 0 Å². The number of benzene rings is 2. The lowest BCUT2D eigenvalue weighted by Crippen LogP contribution is -2.45. The van der Waals surface area contributed by atoms with Crippen molar-refractivity contribution in [3.63, 3.8) is 0 Å². The average molecular weight is 529 g/mol. The van der Waals surface area contributed by atoms with Crippen LogP contribution in [0.4, 0.5) is 21.9 Å². The average Bonchev–Trinajstić information content (AvgIpc) is 3.48. The second kappa shape index (κ2) is 11.5. The molecular weight excluding hydrogens is 492 g/mol. The zero-order valence-corrected chi connectivity index (χ0v) is 22.4. The number of nitrogens with zero attached hydrogens (tertiary/aromatic N) is 4. The Balaban J connectivity index is 1.40. The number of fused-ring (bicyclic) bond motifs is 1. The Bertz CT molecular complexity index is 1290. The van der Waals surface area contributed by atoms with Gasteiger partial charge in [-0.1, -0.05) is 19.3 Å². The van der Waals surface area contributed by atoms with Crippen LogP contribution in [-0.4, -0.2) is 53.1 Å². The number of anilines is 3. The van der Waals surface area contributed by atoms with Crippen LogP contribution in [0.3, 0.4) is 0 Å². The van der Waals surface area contributed by atoms with E-state index in [0.29, 0.717) is 31.4 Å². The molecule has 0 radical (unpaired) electrons. The second-order valence-electron chi connectivity index (χ2n) is 10.4. The van der Waals surface area contributed by atoms with Crippen molar-refractivity contribution in [2.75, 3.05) is 30.5 Å². The number of imidazole rings is 1. The lowest BCUT2D eigenvalue weighted by molar-refractivity contribution is 0.0480. The van der Waals surface area contributed by atoms with Gasteiger partial charge in [-0.15, -0.1) is 0 Å². The fourth-order valence-electron chi connectivity index (χ4n) is 5.86. The molecule has 3 aromatic rings. The van der Waals surface area contributed by atoms with Crippen LogP contribution in [0.15, 0.2) is 60.0 Å². The van der Waals surface area contributed by atoms with Crippen LogP contribution < -0.4 is 15.0 Å². The molecule has 2 aliphatic heterocycles. The molecule has 2 fully saturated rings. The van der Waals surface area contributed by atoms with Gasteiger partial charge in [0.25, 0.3) is 0 Å². The fourth-order valence-corrected chi connectivity index (χ4v) is 5.86. The lowest BCUT2D eigenvalue weighted by atomic mass is 9.83. The van der Waals surface area contributed by atoms with Crippen molar-refractivity contribution in [3.05, 3.63) is 66.2 Å². The van der Waals surface area contributed by atoms with Crippen molar-refractivity contribution >= 4 is 28.8 Å². The molecule has 204 valence electrons. The zero-order chi connectivity index (χ0) is 26.6. The molecule has 0 bridgehead atoms. The Morgan fingerprint density at radius 2 is 1.85 bits per heavy atom. The Kier molecular flexibility index (Phi) is 7.49. The minimum absolute atomic E-state index is 0.00205. The van der Waals surface area contributed by atoms with Crippen molar-refractivity contribution in [3.8, 4) is 5.75 Å². The molecule has 6 rings (SSSR count). The number of rotatable bonds is 7. The van der Waals surface area contributed by atoms with Crippen LogP contribution in [-0.2, 0) is 11.3 Å². The van der Waals surface area contributed by atoms with Gasteiger partial charge in [0.2, 0.25) is 0 Å². The van der Waals surface area contributed by atoms with E-state index in [0.717, 1.165) is 59.8 Å². The van der Waals surface area contributed by atoms with E-state index >= 15 is 0 Å². The van der Waals surface area contributed by atoms with Gasteiger partial charge in [0.05, 0.1) is 36.8 Å². The first-order valence-electron chi connectivity index (χ1n) is 14.0. The maximum Gasteiger partial charge on any atom is 0.349 e. The Hall–Kier alpha value is -3.85. The SMILES string of the molecule is COc1ccc2c(c1)N(c1ccc(NCc3ncc[nH]3)cc1)C(=O)N(C1CCOCC1)N=C2C1CCCCC1. The first-order chi connectivity index (χ1) is 19.2. The summed E-state index contributed by atoms with van der Waals surface area (Å²) in [7, 11) is 1.66. The molecule has 1 aromatic heterocycles. The first-order valence-corrected chi connectivity index (χ1v) is 14.0. The summed E-state index contributed by atoms with van der Waals surface area (Å²) in [6.45, 7) is 1.87. The number of methoxy groups -OCH3 is 1. The van der Waals surface area contributed by atoms with Gasteiger partial charge in [-0.2, -0.15) is 5.10 Å². The van der Waals surface area contributed by atoms with Crippen LogP contribution >= 0.6 is 0 Å². The molecule has 1 saturated heterocycles. The molecule has 0 spiro atoms. The third-order valence-electron chi connectivity index (χ3n) is 7.99. The molecule has 1 saturated carbocycles. The van der Waals surface area contributed by atoms with Crippen molar-refractivity contribution in [2.45, 2.75) is 57.5 Å². The topological polar surface area (TPSA) is 95.1 Å². The molecule has 2 aromatic carbocycles. The summed E-state index contributed by atoms with van der Waals surface area (Å²) < 4.78 is 11.3. The smallest absolute Gasteiger partial charge is 0.349 e. The van der Waals surface area contributed by atoms with Crippen molar-refractivity contribution in [1.82, 2.24) is 15.0 Å². The van der Waals surface area contributed by atoms with Gasteiger partial charge in [0, 0.05) is 48.8 Å². The standard InChI is InChI=1S/C30H36N6O3/c1-38-25-11-12-26-27(19-25)35(23-9-7-22(8-10-23)33-20-28-31-15-16-32-28)30(37)36(24-13-17-39-18-14-24)34-29(26)21-5-3-2-4-6-21/h7-12,15-16,19,21,24,33H,2-6,13-14,17-18,20H2,1H3,(H,31,32). The molecule has 3 heterocycles. The summed E-state index contributed by atoms with van der Waals surface area (Å²) in [6, 6.07) is 13.9. The van der Waals surface area contributed by atoms with Gasteiger partial charge < -0.3 is 19.8 Å². The van der Waals surface area contributed by atoms with Gasteiger partial charge in [0.1, 0.15) is 11.6 Å². The number of nitrogens with one attached hydrogen (secondary N) is 2. The number of carbonyl (C=O) groups is 1. The van der Waals surface area contributed by atoms with Crippen LogP contribution in [0, 0.1) is 5.92 Å². The highest BCUT2D eigenvalue weighted by Gasteiger charge is 2.37. The summed E-state index contributed by atoms with van der Waals surface area (Å²) >= 11 is 0. The van der Waals surface area contributed by atoms with Gasteiger partial charge in [-0.25, -0.2) is 14.8 Å². The number of hydrogen-bond donors (Lipinski definition) is 2. The van der Waals surface area contributed by atoms with Crippen molar-refractivity contribution in [2.24, 2.45) is 11.0 Å². The highest BCUT2D eigenvalue weighted by Crippen LogP contribution is 2.40. The maximum absolute atomic E-state index is 14.4. The number of ether oxygens (including phenoxy) is 2. The van der Waals surface area contributed by atoms with E-state index in [2.05, 4.69) is 21.4 Å². The summed E-state index contributed by atoms with van der Waals surface area (Å²) in [5.41, 5.74) is 4.57. The highest BCUT2D eigenvalue weighted by molar-refractivity contribution is 6.14. The molecule has 9 heteroatoms. The van der Waals surface area contributed by atoms with Crippen LogP contribution in [0.25, 0.3) is 0 Å². The molecule has 39 heavy (non-hydrogen) atoms. The Morgan fingerprint density at radius 3 is 2.56 bits per heavy atom. The fraction of sp³-hybridized carbons (Fsp3) is 0.433. The third-order valence-corrected chi connectivity index (χ3v) is 7.99. The summed E-state index contributed by atoms with van der Waals surface area (Å²) in [6.07, 6.45) is 10.9. The quantitative estimate of drug-likeness (QED) is 0.388. The number of amides is 2. The second-order valence-corrected chi connectivity index (χ2v) is 10.4. The van der Waals surface area contributed by atoms with Crippen LogP contribution in [0.1, 0.15) is 56.3 Å². The first kappa shape index (κ1) is 25.4. The molecule has 2 amide bonds. The number of carbonyl (C=O) groups excluding carboxylic acids is 1. The molecule has 2 N–H and O–H groups in total. The molecular formula is C30H36N6O3. The monoisotopic (exact) mass is 528 g/mol. The molecule has 3 aliphatic rings. The van der Waals surface area contributed by atoms with Gasteiger partial charge in [0.15, 0.2) is 0 Å². The van der Waals surface area contributed by atoms with Gasteiger partial charge >= 0.3 is 6.03 Å². The Morgan fingerprint density at radius 1 is 1.05 bits per heavy atom. The van der Waals surface area contributed by atoms with Crippen LogP contribution in [0.2, 0.25) is 0 Å². The van der Waals surface area contributed by atoms with E-state index in [4.69, 9.17) is 14.6 Å². The highest BCUT2D eigenvalue weighted by atomic mass is 16.5. The van der Waals surface area contributed by atoms with E-state index in [1.54, 1.807) is 18.3 Å². The normalized spacial score (nSPS) is 18.9. The summed E-state index contributed by atoms with van der Waals surface area (Å²) in [5, 5.41) is 10.3. The van der Waals surface area contributed by atoms with Gasteiger partial charge in [-0.3, -0.25) is 4.90 Å². The summed E-state index contributed by atoms with van der Waals surface area (Å²) in [4.78, 5) is 23.6. The largest absolute Gasteiger partial charge is 0.497 e. The third kappa shape index (κ3) is 5.36. The number of aromatic nitrogens is 2. The number of hydrogen-bond acceptors (Lipinski definition) is 6. The Labute approximate surface area is 229 Å². The molecule has 0 atom stereocenters. The summed E-state index contributed by atoms with van der Waals surface area (Å²) in [5.74, 6) is 1.90. The predicted molar refractivity (Wildman–Crippen MR) is 152 cm³/mol. The van der Waals surface area contributed by atoms with Crippen molar-refractivity contribution in [1.29, 1.82) is 0 Å². The van der Waals surface area contributed by atoms with Crippen molar-refractivity contribution < 1.29 is 14.3 Å². The van der Waals surface area contributed by atoms with E-state index in [9.17, 15) is 4.79 Å². The number of hydrazone groups is 1. The minimum Gasteiger partial charge on any atom is -0.497 e. The van der Waals surface area contributed by atoms with E-state index in [1.807, 2.05) is 47.5 Å².